The maximum Gasteiger partial charge on any atom is 0.291 e. The number of furan rings is 1. The topological polar surface area (TPSA) is 95.1 Å². The second-order valence-electron chi connectivity index (χ2n) is 3.89. The van der Waals surface area contributed by atoms with Gasteiger partial charge >= 0.3 is 0 Å². The molecule has 0 aliphatic rings. The minimum Gasteiger partial charge on any atom is -0.459 e. The van der Waals surface area contributed by atoms with Gasteiger partial charge in [-0.25, -0.2) is 0 Å². The Balaban J connectivity index is 1.97. The fourth-order valence-corrected chi connectivity index (χ4v) is 1.51. The Bertz CT molecular complexity index is 639. The Morgan fingerprint density at radius 1 is 1.10 bits per heavy atom. The maximum absolute atomic E-state index is 11.7. The first-order valence-corrected chi connectivity index (χ1v) is 5.81. The van der Waals surface area contributed by atoms with E-state index in [1.54, 1.807) is 42.5 Å². The van der Waals surface area contributed by atoms with E-state index in [4.69, 9.17) is 9.68 Å². The smallest absolute Gasteiger partial charge is 0.291 e. The van der Waals surface area contributed by atoms with Gasteiger partial charge in [-0.05, 0) is 36.4 Å². The van der Waals surface area contributed by atoms with E-state index in [0.717, 1.165) is 0 Å². The molecule has 0 fully saturated rings. The number of nitrogens with zero attached hydrogens (tertiary/aromatic N) is 1. The lowest BCUT2D eigenvalue weighted by atomic mass is 10.2. The van der Waals surface area contributed by atoms with Crippen molar-refractivity contribution in [3.8, 4) is 6.07 Å². The highest BCUT2D eigenvalue weighted by molar-refractivity contribution is 6.02. The molecule has 0 spiro atoms. The Morgan fingerprint density at radius 2 is 1.75 bits per heavy atom. The number of carbonyl (C=O) groups excluding carboxylic acids is 2. The van der Waals surface area contributed by atoms with Crippen LogP contribution in [0.2, 0.25) is 0 Å². The Hall–Kier alpha value is -3.07. The molecule has 1 aromatic carbocycles. The van der Waals surface area contributed by atoms with Gasteiger partial charge in [-0.3, -0.25) is 9.59 Å². The summed E-state index contributed by atoms with van der Waals surface area (Å²) >= 11 is 0. The summed E-state index contributed by atoms with van der Waals surface area (Å²) in [4.78, 5) is 22.9. The molecule has 0 aliphatic heterocycles. The van der Waals surface area contributed by atoms with Crippen molar-refractivity contribution >= 4 is 23.2 Å². The van der Waals surface area contributed by atoms with Crippen molar-refractivity contribution in [1.82, 2.24) is 0 Å². The van der Waals surface area contributed by atoms with Crippen LogP contribution in [0, 0.1) is 11.3 Å². The number of carbonyl (C=O) groups is 2. The Kier molecular flexibility index (Phi) is 4.14. The highest BCUT2D eigenvalue weighted by Gasteiger charge is 2.08. The van der Waals surface area contributed by atoms with E-state index in [1.807, 2.05) is 0 Å². The SMILES string of the molecule is N#CCC(=O)Nc1ccc(NC(=O)c2ccco2)cc1. The molecule has 0 saturated carbocycles. The highest BCUT2D eigenvalue weighted by Crippen LogP contribution is 2.15. The zero-order valence-corrected chi connectivity index (χ0v) is 10.4. The third-order valence-electron chi connectivity index (χ3n) is 2.41. The zero-order valence-electron chi connectivity index (χ0n) is 10.4. The molecular formula is C14H11N3O3. The van der Waals surface area contributed by atoms with Gasteiger partial charge in [0.1, 0.15) is 6.42 Å². The molecule has 6 heteroatoms. The molecule has 0 bridgehead atoms. The third kappa shape index (κ3) is 3.46. The van der Waals surface area contributed by atoms with E-state index in [2.05, 4.69) is 10.6 Å². The van der Waals surface area contributed by atoms with Crippen molar-refractivity contribution in [3.63, 3.8) is 0 Å². The molecule has 0 radical (unpaired) electrons. The summed E-state index contributed by atoms with van der Waals surface area (Å²) in [6.45, 7) is 0. The van der Waals surface area contributed by atoms with Crippen molar-refractivity contribution in [3.05, 3.63) is 48.4 Å². The van der Waals surface area contributed by atoms with Gasteiger partial charge in [0.2, 0.25) is 5.91 Å². The summed E-state index contributed by atoms with van der Waals surface area (Å²) in [6, 6.07) is 11.5. The zero-order chi connectivity index (χ0) is 14.4. The monoisotopic (exact) mass is 269 g/mol. The Labute approximate surface area is 115 Å². The molecule has 0 atom stereocenters. The summed E-state index contributed by atoms with van der Waals surface area (Å²) in [5.74, 6) is -0.507. The van der Waals surface area contributed by atoms with Crippen LogP contribution in [0.5, 0.6) is 0 Å². The van der Waals surface area contributed by atoms with E-state index in [1.165, 1.54) is 6.26 Å². The van der Waals surface area contributed by atoms with Gasteiger partial charge in [0.25, 0.3) is 5.91 Å². The normalized spacial score (nSPS) is 9.55. The fourth-order valence-electron chi connectivity index (χ4n) is 1.51. The third-order valence-corrected chi connectivity index (χ3v) is 2.41. The molecule has 0 aliphatic carbocycles. The predicted molar refractivity (Wildman–Crippen MR) is 72.0 cm³/mol. The number of nitrogens with one attached hydrogen (secondary N) is 2. The average molecular weight is 269 g/mol. The van der Waals surface area contributed by atoms with Crippen molar-refractivity contribution < 1.29 is 14.0 Å². The van der Waals surface area contributed by atoms with E-state index >= 15 is 0 Å². The molecule has 2 rings (SSSR count). The highest BCUT2D eigenvalue weighted by atomic mass is 16.3. The molecule has 2 aromatic rings. The molecule has 20 heavy (non-hydrogen) atoms. The predicted octanol–water partition coefficient (Wildman–Crippen LogP) is 2.38. The van der Waals surface area contributed by atoms with Crippen LogP contribution in [0.3, 0.4) is 0 Å². The summed E-state index contributed by atoms with van der Waals surface area (Å²) in [7, 11) is 0. The molecule has 2 amide bonds. The summed E-state index contributed by atoms with van der Waals surface area (Å²) < 4.78 is 4.97. The molecule has 2 N–H and O–H groups in total. The number of nitriles is 1. The Morgan fingerprint density at radius 3 is 2.30 bits per heavy atom. The fraction of sp³-hybridized carbons (Fsp3) is 0.0714. The molecule has 1 aromatic heterocycles. The number of anilines is 2. The average Bonchev–Trinajstić information content (AvgIpc) is 2.95. The van der Waals surface area contributed by atoms with Crippen LogP contribution in [-0.4, -0.2) is 11.8 Å². The summed E-state index contributed by atoms with van der Waals surface area (Å²) in [5.41, 5.74) is 1.13. The molecule has 100 valence electrons. The van der Waals surface area contributed by atoms with Crippen LogP contribution in [-0.2, 0) is 4.79 Å². The van der Waals surface area contributed by atoms with E-state index in [-0.39, 0.29) is 24.0 Å². The van der Waals surface area contributed by atoms with Gasteiger partial charge in [0.05, 0.1) is 12.3 Å². The number of hydrogen-bond donors (Lipinski definition) is 2. The minimum absolute atomic E-state index is 0.197. The maximum atomic E-state index is 11.7. The second kappa shape index (κ2) is 6.20. The van der Waals surface area contributed by atoms with Crippen molar-refractivity contribution in [2.45, 2.75) is 6.42 Å². The first-order chi connectivity index (χ1) is 9.69. The first-order valence-electron chi connectivity index (χ1n) is 5.81. The lowest BCUT2D eigenvalue weighted by molar-refractivity contribution is -0.115. The molecular weight excluding hydrogens is 258 g/mol. The van der Waals surface area contributed by atoms with Crippen LogP contribution < -0.4 is 10.6 Å². The molecule has 0 saturated heterocycles. The second-order valence-corrected chi connectivity index (χ2v) is 3.89. The van der Waals surface area contributed by atoms with Gasteiger partial charge in [-0.2, -0.15) is 5.26 Å². The van der Waals surface area contributed by atoms with Gasteiger partial charge in [0, 0.05) is 11.4 Å². The van der Waals surface area contributed by atoms with Crippen LogP contribution in [0.25, 0.3) is 0 Å². The van der Waals surface area contributed by atoms with Gasteiger partial charge < -0.3 is 15.1 Å². The molecule has 0 unspecified atom stereocenters. The van der Waals surface area contributed by atoms with E-state index in [9.17, 15) is 9.59 Å². The number of benzene rings is 1. The lowest BCUT2D eigenvalue weighted by Gasteiger charge is -2.06. The van der Waals surface area contributed by atoms with Crippen molar-refractivity contribution in [2.24, 2.45) is 0 Å². The van der Waals surface area contributed by atoms with E-state index in [0.29, 0.717) is 11.4 Å². The van der Waals surface area contributed by atoms with Gasteiger partial charge in [-0.1, -0.05) is 0 Å². The number of rotatable bonds is 4. The molecule has 1 heterocycles. The molecule has 6 nitrogen and oxygen atoms in total. The van der Waals surface area contributed by atoms with Gasteiger partial charge in [-0.15, -0.1) is 0 Å². The van der Waals surface area contributed by atoms with Gasteiger partial charge in [0.15, 0.2) is 5.76 Å². The summed E-state index contributed by atoms with van der Waals surface area (Å²) in [6.07, 6.45) is 1.22. The van der Waals surface area contributed by atoms with Crippen LogP contribution >= 0.6 is 0 Å². The number of amides is 2. The van der Waals surface area contributed by atoms with Crippen LogP contribution in [0.15, 0.2) is 47.1 Å². The quantitative estimate of drug-likeness (QED) is 0.890. The van der Waals surface area contributed by atoms with Crippen LogP contribution in [0.4, 0.5) is 11.4 Å². The summed E-state index contributed by atoms with van der Waals surface area (Å²) in [5, 5.41) is 13.6. The standard InChI is InChI=1S/C14H11N3O3/c15-8-7-13(18)16-10-3-5-11(6-4-10)17-14(19)12-2-1-9-20-12/h1-6,9H,7H2,(H,16,18)(H,17,19). The van der Waals surface area contributed by atoms with E-state index < -0.39 is 0 Å². The largest absolute Gasteiger partial charge is 0.459 e. The van der Waals surface area contributed by atoms with Crippen LogP contribution in [0.1, 0.15) is 17.0 Å². The van der Waals surface area contributed by atoms with Crippen molar-refractivity contribution in [1.29, 1.82) is 5.26 Å². The minimum atomic E-state index is -0.375. The first kappa shape index (κ1) is 13.4. The number of hydrogen-bond acceptors (Lipinski definition) is 4. The van der Waals surface area contributed by atoms with Crippen molar-refractivity contribution in [2.75, 3.05) is 10.6 Å². The lowest BCUT2D eigenvalue weighted by Crippen LogP contribution is -2.12.